The van der Waals surface area contributed by atoms with Crippen molar-refractivity contribution in [2.24, 2.45) is 0 Å². The predicted octanol–water partition coefficient (Wildman–Crippen LogP) is 3.12. The molecule has 0 unspecified atom stereocenters. The summed E-state index contributed by atoms with van der Waals surface area (Å²) in [5.74, 6) is -0.675. The maximum atomic E-state index is 12.4. The summed E-state index contributed by atoms with van der Waals surface area (Å²) in [5, 5.41) is 14.2. The molecule has 3 N–H and O–H groups in total. The largest absolute Gasteiger partial charge is 0.482 e. The second-order valence-corrected chi connectivity index (χ2v) is 6.75. The number of carbonyl (C=O) groups is 3. The van der Waals surface area contributed by atoms with Crippen LogP contribution in [0.5, 0.6) is 5.75 Å². The Morgan fingerprint density at radius 1 is 1.07 bits per heavy atom. The molecule has 3 amide bonds. The number of rotatable bonds is 8. The van der Waals surface area contributed by atoms with E-state index in [2.05, 4.69) is 10.6 Å². The van der Waals surface area contributed by atoms with Gasteiger partial charge in [-0.15, -0.1) is 0 Å². The summed E-state index contributed by atoms with van der Waals surface area (Å²) in [6.45, 7) is 1.74. The fraction of sp³-hybridized carbons (Fsp3) is 0.286. The molecule has 2 rings (SSSR count). The highest BCUT2D eigenvalue weighted by Gasteiger charge is 2.12. The summed E-state index contributed by atoms with van der Waals surface area (Å²) in [7, 11) is 3.28. The standard InChI is InChI=1S/C21H25N3O5/c1-14-7-9-17(18(11-14)29-13-19(25)24(2)3)23-21(28)22-16-6-4-5-15(12-16)8-10-20(26)27/h4-7,9,11-12H,8,10,13H2,1-3H3,(H,26,27)(H2,22,23,28). The number of carboxylic acid groups (broad SMARTS) is 1. The first kappa shape index (κ1) is 21.7. The van der Waals surface area contributed by atoms with Crippen molar-refractivity contribution in [3.63, 3.8) is 0 Å². The Labute approximate surface area is 169 Å². The molecule has 0 saturated carbocycles. The fourth-order valence-electron chi connectivity index (χ4n) is 2.46. The second-order valence-electron chi connectivity index (χ2n) is 6.75. The van der Waals surface area contributed by atoms with E-state index in [0.29, 0.717) is 23.5 Å². The Morgan fingerprint density at radius 2 is 1.83 bits per heavy atom. The number of urea groups is 1. The molecule has 0 aliphatic carbocycles. The van der Waals surface area contributed by atoms with Gasteiger partial charge in [-0.05, 0) is 48.7 Å². The van der Waals surface area contributed by atoms with Gasteiger partial charge in [0.05, 0.1) is 5.69 Å². The normalized spacial score (nSPS) is 10.2. The van der Waals surface area contributed by atoms with E-state index in [0.717, 1.165) is 11.1 Å². The van der Waals surface area contributed by atoms with Gasteiger partial charge in [-0.2, -0.15) is 0 Å². The van der Waals surface area contributed by atoms with Gasteiger partial charge in [0.15, 0.2) is 6.61 Å². The zero-order chi connectivity index (χ0) is 21.4. The number of hydrogen-bond donors (Lipinski definition) is 3. The maximum absolute atomic E-state index is 12.4. The van der Waals surface area contributed by atoms with Crippen LogP contribution in [0.25, 0.3) is 0 Å². The molecule has 0 atom stereocenters. The molecule has 0 saturated heterocycles. The van der Waals surface area contributed by atoms with Gasteiger partial charge in [0.25, 0.3) is 5.91 Å². The van der Waals surface area contributed by atoms with E-state index in [9.17, 15) is 14.4 Å². The smallest absolute Gasteiger partial charge is 0.323 e. The van der Waals surface area contributed by atoms with Crippen LogP contribution >= 0.6 is 0 Å². The monoisotopic (exact) mass is 399 g/mol. The van der Waals surface area contributed by atoms with Gasteiger partial charge in [0.2, 0.25) is 0 Å². The Kier molecular flexibility index (Phi) is 7.59. The zero-order valence-electron chi connectivity index (χ0n) is 16.7. The molecule has 0 spiro atoms. The van der Waals surface area contributed by atoms with E-state index in [1.165, 1.54) is 4.90 Å². The minimum absolute atomic E-state index is 0.0192. The third kappa shape index (κ3) is 7.17. The molecular weight excluding hydrogens is 374 g/mol. The minimum atomic E-state index is -0.874. The Bertz CT molecular complexity index is 896. The van der Waals surface area contributed by atoms with E-state index < -0.39 is 12.0 Å². The summed E-state index contributed by atoms with van der Waals surface area (Å²) >= 11 is 0. The van der Waals surface area contributed by atoms with Crippen LogP contribution < -0.4 is 15.4 Å². The molecule has 0 aliphatic heterocycles. The number of aliphatic carboxylic acids is 1. The Balaban J connectivity index is 2.04. The average molecular weight is 399 g/mol. The minimum Gasteiger partial charge on any atom is -0.482 e. The van der Waals surface area contributed by atoms with Crippen molar-refractivity contribution in [1.29, 1.82) is 0 Å². The molecule has 2 aromatic carbocycles. The zero-order valence-corrected chi connectivity index (χ0v) is 16.7. The van der Waals surface area contributed by atoms with E-state index in [4.69, 9.17) is 9.84 Å². The lowest BCUT2D eigenvalue weighted by Crippen LogP contribution is -2.28. The number of nitrogens with zero attached hydrogens (tertiary/aromatic N) is 1. The first-order valence-corrected chi connectivity index (χ1v) is 9.07. The van der Waals surface area contributed by atoms with Crippen LogP contribution in [-0.2, 0) is 16.0 Å². The van der Waals surface area contributed by atoms with Gasteiger partial charge in [0.1, 0.15) is 5.75 Å². The van der Waals surface area contributed by atoms with Gasteiger partial charge in [-0.1, -0.05) is 18.2 Å². The van der Waals surface area contributed by atoms with Crippen molar-refractivity contribution >= 4 is 29.3 Å². The van der Waals surface area contributed by atoms with Gasteiger partial charge < -0.3 is 25.4 Å². The van der Waals surface area contributed by atoms with Crippen molar-refractivity contribution in [2.45, 2.75) is 19.8 Å². The number of amides is 3. The van der Waals surface area contributed by atoms with Crippen molar-refractivity contribution < 1.29 is 24.2 Å². The molecule has 154 valence electrons. The Morgan fingerprint density at radius 3 is 2.52 bits per heavy atom. The molecule has 8 nitrogen and oxygen atoms in total. The molecule has 8 heteroatoms. The van der Waals surface area contributed by atoms with Gasteiger partial charge in [-0.3, -0.25) is 9.59 Å². The lowest BCUT2D eigenvalue weighted by Gasteiger charge is -2.15. The number of carbonyl (C=O) groups excluding carboxylic acids is 2. The number of hydrogen-bond acceptors (Lipinski definition) is 4. The average Bonchev–Trinajstić information content (AvgIpc) is 2.66. The molecule has 0 bridgehead atoms. The van der Waals surface area contributed by atoms with Crippen LogP contribution in [0.2, 0.25) is 0 Å². The fourth-order valence-corrected chi connectivity index (χ4v) is 2.46. The van der Waals surface area contributed by atoms with E-state index in [1.807, 2.05) is 13.0 Å². The number of anilines is 2. The van der Waals surface area contributed by atoms with Crippen LogP contribution in [0.4, 0.5) is 16.2 Å². The number of carboxylic acids is 1. The SMILES string of the molecule is Cc1ccc(NC(=O)Nc2cccc(CCC(=O)O)c2)c(OCC(=O)N(C)C)c1. The van der Waals surface area contributed by atoms with Crippen LogP contribution in [-0.4, -0.2) is 48.6 Å². The highest BCUT2D eigenvalue weighted by atomic mass is 16.5. The van der Waals surface area contributed by atoms with Gasteiger partial charge >= 0.3 is 12.0 Å². The first-order chi connectivity index (χ1) is 13.7. The Hall–Kier alpha value is -3.55. The van der Waals surface area contributed by atoms with Crippen molar-refractivity contribution in [2.75, 3.05) is 31.3 Å². The number of ether oxygens (including phenoxy) is 1. The number of benzene rings is 2. The highest BCUT2D eigenvalue weighted by Crippen LogP contribution is 2.26. The third-order valence-corrected chi connectivity index (χ3v) is 4.05. The molecule has 0 fully saturated rings. The first-order valence-electron chi connectivity index (χ1n) is 9.07. The molecule has 0 aromatic heterocycles. The van der Waals surface area contributed by atoms with Crippen molar-refractivity contribution in [3.8, 4) is 5.75 Å². The van der Waals surface area contributed by atoms with Crippen LogP contribution in [0.15, 0.2) is 42.5 Å². The lowest BCUT2D eigenvalue weighted by molar-refractivity contribution is -0.137. The summed E-state index contributed by atoms with van der Waals surface area (Å²) in [5.41, 5.74) is 2.71. The van der Waals surface area contributed by atoms with Gasteiger partial charge in [-0.25, -0.2) is 4.79 Å². The summed E-state index contributed by atoms with van der Waals surface area (Å²) in [6, 6.07) is 11.8. The van der Waals surface area contributed by atoms with E-state index >= 15 is 0 Å². The number of aryl methyl sites for hydroxylation is 2. The molecule has 29 heavy (non-hydrogen) atoms. The summed E-state index contributed by atoms with van der Waals surface area (Å²) in [4.78, 5) is 36.3. The molecule has 0 heterocycles. The highest BCUT2D eigenvalue weighted by molar-refractivity contribution is 6.00. The van der Waals surface area contributed by atoms with E-state index in [1.54, 1.807) is 50.5 Å². The summed E-state index contributed by atoms with van der Waals surface area (Å²) < 4.78 is 5.58. The quantitative estimate of drug-likeness (QED) is 0.632. The van der Waals surface area contributed by atoms with Crippen molar-refractivity contribution in [3.05, 3.63) is 53.6 Å². The van der Waals surface area contributed by atoms with Gasteiger partial charge in [0, 0.05) is 26.2 Å². The van der Waals surface area contributed by atoms with Crippen LogP contribution in [0.1, 0.15) is 17.5 Å². The lowest BCUT2D eigenvalue weighted by atomic mass is 10.1. The number of likely N-dealkylation sites (N-methyl/N-ethyl adjacent to an activating group) is 1. The molecule has 0 radical (unpaired) electrons. The molecule has 0 aliphatic rings. The maximum Gasteiger partial charge on any atom is 0.323 e. The summed E-state index contributed by atoms with van der Waals surface area (Å²) in [6.07, 6.45) is 0.397. The predicted molar refractivity (Wildman–Crippen MR) is 110 cm³/mol. The third-order valence-electron chi connectivity index (χ3n) is 4.05. The van der Waals surface area contributed by atoms with Crippen LogP contribution in [0, 0.1) is 6.92 Å². The van der Waals surface area contributed by atoms with E-state index in [-0.39, 0.29) is 18.9 Å². The molecule has 2 aromatic rings. The van der Waals surface area contributed by atoms with Crippen molar-refractivity contribution in [1.82, 2.24) is 4.90 Å². The topological polar surface area (TPSA) is 108 Å². The second kappa shape index (κ2) is 10.1. The number of nitrogens with one attached hydrogen (secondary N) is 2. The molecular formula is C21H25N3O5. The van der Waals surface area contributed by atoms with Crippen LogP contribution in [0.3, 0.4) is 0 Å².